The number of nitrogens with two attached hydrogens (primary N) is 1. The van der Waals surface area contributed by atoms with Gasteiger partial charge in [0.1, 0.15) is 0 Å². The first-order valence-corrected chi connectivity index (χ1v) is 7.07. The summed E-state index contributed by atoms with van der Waals surface area (Å²) in [5.41, 5.74) is 10.4. The molecule has 0 spiro atoms. The topological polar surface area (TPSA) is 47.3 Å². The second-order valence-electron chi connectivity index (χ2n) is 6.48. The number of morpholine rings is 1. The Hall–Kier alpha value is -0.900. The Morgan fingerprint density at radius 1 is 1.37 bits per heavy atom. The molecule has 2 atom stereocenters. The van der Waals surface area contributed by atoms with Gasteiger partial charge in [-0.05, 0) is 29.0 Å². The third-order valence-corrected chi connectivity index (χ3v) is 3.89. The van der Waals surface area contributed by atoms with E-state index in [1.54, 1.807) is 0 Å². The van der Waals surface area contributed by atoms with Gasteiger partial charge >= 0.3 is 0 Å². The van der Waals surface area contributed by atoms with Crippen molar-refractivity contribution >= 4 is 0 Å². The number of hydrogen-bond donors (Lipinski definition) is 2. The van der Waals surface area contributed by atoms with Crippen LogP contribution in [0.1, 0.15) is 43.5 Å². The zero-order valence-electron chi connectivity index (χ0n) is 12.5. The van der Waals surface area contributed by atoms with Crippen molar-refractivity contribution in [2.45, 2.75) is 45.2 Å². The summed E-state index contributed by atoms with van der Waals surface area (Å²) in [6.45, 7) is 11.2. The molecule has 3 N–H and O–H groups in total. The SMILES string of the molecule is Cc1ccc(C(C)(C)C)cc1C(N)C1COCCN1. The van der Waals surface area contributed by atoms with Crippen LogP contribution in [-0.4, -0.2) is 25.8 Å². The molecule has 0 radical (unpaired) electrons. The molecule has 1 fully saturated rings. The zero-order valence-corrected chi connectivity index (χ0v) is 12.5. The normalized spacial score (nSPS) is 22.3. The number of hydrogen-bond acceptors (Lipinski definition) is 3. The van der Waals surface area contributed by atoms with Crippen LogP contribution in [-0.2, 0) is 10.2 Å². The van der Waals surface area contributed by atoms with Gasteiger partial charge in [-0.3, -0.25) is 0 Å². The predicted molar refractivity (Wildman–Crippen MR) is 79.4 cm³/mol. The van der Waals surface area contributed by atoms with E-state index >= 15 is 0 Å². The third-order valence-electron chi connectivity index (χ3n) is 3.89. The number of nitrogens with one attached hydrogen (secondary N) is 1. The van der Waals surface area contributed by atoms with E-state index in [9.17, 15) is 0 Å². The molecule has 1 aromatic carbocycles. The summed E-state index contributed by atoms with van der Waals surface area (Å²) in [5.74, 6) is 0. The van der Waals surface area contributed by atoms with Crippen LogP contribution in [0.5, 0.6) is 0 Å². The van der Waals surface area contributed by atoms with Crippen LogP contribution in [0.25, 0.3) is 0 Å². The van der Waals surface area contributed by atoms with E-state index < -0.39 is 0 Å². The summed E-state index contributed by atoms with van der Waals surface area (Å²) in [6, 6.07) is 6.84. The van der Waals surface area contributed by atoms with E-state index in [0.717, 1.165) is 13.2 Å². The van der Waals surface area contributed by atoms with Crippen LogP contribution in [0.15, 0.2) is 18.2 Å². The standard InChI is InChI=1S/C16H26N2O/c1-11-5-6-12(16(2,3)4)9-13(11)15(17)14-10-19-8-7-18-14/h5-6,9,14-15,18H,7-8,10,17H2,1-4H3. The van der Waals surface area contributed by atoms with Gasteiger partial charge in [-0.1, -0.05) is 39.0 Å². The highest BCUT2D eigenvalue weighted by molar-refractivity contribution is 5.37. The molecule has 0 bridgehead atoms. The Kier molecular flexibility index (Phi) is 4.29. The lowest BCUT2D eigenvalue weighted by atomic mass is 9.83. The van der Waals surface area contributed by atoms with Gasteiger partial charge in [-0.15, -0.1) is 0 Å². The minimum atomic E-state index is -0.0115. The van der Waals surface area contributed by atoms with Crippen molar-refractivity contribution in [2.24, 2.45) is 5.73 Å². The molecular formula is C16H26N2O. The zero-order chi connectivity index (χ0) is 14.0. The number of benzene rings is 1. The number of ether oxygens (including phenoxy) is 1. The van der Waals surface area contributed by atoms with Crippen LogP contribution < -0.4 is 11.1 Å². The van der Waals surface area contributed by atoms with Crippen molar-refractivity contribution in [1.29, 1.82) is 0 Å². The van der Waals surface area contributed by atoms with Gasteiger partial charge in [0.15, 0.2) is 0 Å². The molecule has 0 aromatic heterocycles. The average molecular weight is 262 g/mol. The van der Waals surface area contributed by atoms with Gasteiger partial charge < -0.3 is 15.8 Å². The predicted octanol–water partition coefficient (Wildman–Crippen LogP) is 2.28. The molecule has 1 aromatic rings. The second-order valence-corrected chi connectivity index (χ2v) is 6.48. The molecule has 106 valence electrons. The molecule has 0 aliphatic carbocycles. The third kappa shape index (κ3) is 3.35. The monoisotopic (exact) mass is 262 g/mol. The molecule has 1 aliphatic rings. The molecule has 3 heteroatoms. The highest BCUT2D eigenvalue weighted by Gasteiger charge is 2.24. The van der Waals surface area contributed by atoms with E-state index in [4.69, 9.17) is 10.5 Å². The summed E-state index contributed by atoms with van der Waals surface area (Å²) in [7, 11) is 0. The lowest BCUT2D eigenvalue weighted by molar-refractivity contribution is 0.0684. The number of rotatable bonds is 2. The van der Waals surface area contributed by atoms with Crippen molar-refractivity contribution in [3.05, 3.63) is 34.9 Å². The Balaban J connectivity index is 2.27. The molecule has 1 aliphatic heterocycles. The Morgan fingerprint density at radius 3 is 2.68 bits per heavy atom. The van der Waals surface area contributed by atoms with Gasteiger partial charge in [0, 0.05) is 18.6 Å². The molecule has 0 amide bonds. The lowest BCUT2D eigenvalue weighted by Crippen LogP contribution is -2.47. The van der Waals surface area contributed by atoms with Gasteiger partial charge in [0.05, 0.1) is 13.2 Å². The quantitative estimate of drug-likeness (QED) is 0.859. The number of aryl methyl sites for hydroxylation is 1. The summed E-state index contributed by atoms with van der Waals surface area (Å²) in [5, 5.41) is 3.45. The van der Waals surface area contributed by atoms with E-state index in [2.05, 4.69) is 51.2 Å². The highest BCUT2D eigenvalue weighted by Crippen LogP contribution is 2.28. The van der Waals surface area contributed by atoms with Crippen molar-refractivity contribution in [3.63, 3.8) is 0 Å². The summed E-state index contributed by atoms with van der Waals surface area (Å²) in [4.78, 5) is 0. The van der Waals surface area contributed by atoms with Crippen LogP contribution in [0.3, 0.4) is 0 Å². The molecule has 2 unspecified atom stereocenters. The molecule has 1 saturated heterocycles. The van der Waals surface area contributed by atoms with Gasteiger partial charge in [-0.2, -0.15) is 0 Å². The largest absolute Gasteiger partial charge is 0.378 e. The maximum absolute atomic E-state index is 6.44. The molecule has 0 saturated carbocycles. The van der Waals surface area contributed by atoms with Crippen molar-refractivity contribution < 1.29 is 4.74 Å². The van der Waals surface area contributed by atoms with Crippen LogP contribution >= 0.6 is 0 Å². The minimum absolute atomic E-state index is 0.0115. The smallest absolute Gasteiger partial charge is 0.0638 e. The average Bonchev–Trinajstić information content (AvgIpc) is 2.38. The van der Waals surface area contributed by atoms with E-state index in [0.29, 0.717) is 6.61 Å². The maximum Gasteiger partial charge on any atom is 0.0638 e. The first-order valence-electron chi connectivity index (χ1n) is 7.07. The Bertz CT molecular complexity index is 431. The van der Waals surface area contributed by atoms with Crippen LogP contribution in [0.2, 0.25) is 0 Å². The highest BCUT2D eigenvalue weighted by atomic mass is 16.5. The van der Waals surface area contributed by atoms with Crippen molar-refractivity contribution in [3.8, 4) is 0 Å². The lowest BCUT2D eigenvalue weighted by Gasteiger charge is -2.31. The van der Waals surface area contributed by atoms with Crippen LogP contribution in [0, 0.1) is 6.92 Å². The summed E-state index contributed by atoms with van der Waals surface area (Å²) in [6.07, 6.45) is 0. The summed E-state index contributed by atoms with van der Waals surface area (Å²) < 4.78 is 5.52. The summed E-state index contributed by atoms with van der Waals surface area (Å²) >= 11 is 0. The molecular weight excluding hydrogens is 236 g/mol. The van der Waals surface area contributed by atoms with Gasteiger partial charge in [0.25, 0.3) is 0 Å². The Labute approximate surface area is 116 Å². The fourth-order valence-electron chi connectivity index (χ4n) is 2.50. The van der Waals surface area contributed by atoms with Crippen LogP contribution in [0.4, 0.5) is 0 Å². The molecule has 2 rings (SSSR count). The fourth-order valence-corrected chi connectivity index (χ4v) is 2.50. The van der Waals surface area contributed by atoms with E-state index in [1.807, 2.05) is 0 Å². The van der Waals surface area contributed by atoms with Gasteiger partial charge in [0.2, 0.25) is 0 Å². The molecule has 19 heavy (non-hydrogen) atoms. The van der Waals surface area contributed by atoms with Crippen molar-refractivity contribution in [1.82, 2.24) is 5.32 Å². The molecule has 1 heterocycles. The fraction of sp³-hybridized carbons (Fsp3) is 0.625. The van der Waals surface area contributed by atoms with E-state index in [-0.39, 0.29) is 17.5 Å². The second kappa shape index (κ2) is 5.61. The minimum Gasteiger partial charge on any atom is -0.378 e. The first kappa shape index (κ1) is 14.5. The Morgan fingerprint density at radius 2 is 2.11 bits per heavy atom. The first-order chi connectivity index (χ1) is 8.89. The maximum atomic E-state index is 6.44. The van der Waals surface area contributed by atoms with Crippen molar-refractivity contribution in [2.75, 3.05) is 19.8 Å². The van der Waals surface area contributed by atoms with Gasteiger partial charge in [-0.25, -0.2) is 0 Å². The molecule has 3 nitrogen and oxygen atoms in total. The van der Waals surface area contributed by atoms with E-state index in [1.165, 1.54) is 16.7 Å².